The molecule has 0 saturated carbocycles. The molecule has 0 atom stereocenters. The molecule has 5 nitrogen and oxygen atoms in total. The third-order valence-corrected chi connectivity index (χ3v) is 3.59. The average Bonchev–Trinajstić information content (AvgIpc) is 3.16. The van der Waals surface area contributed by atoms with E-state index in [0.717, 1.165) is 36.6 Å². The van der Waals surface area contributed by atoms with E-state index in [9.17, 15) is 0 Å². The molecule has 2 aromatic heterocycles. The Labute approximate surface area is 116 Å². The number of H-pyrrole nitrogens is 1. The van der Waals surface area contributed by atoms with E-state index < -0.39 is 0 Å². The number of nitrogens with one attached hydrogen (secondary N) is 2. The predicted octanol–water partition coefficient (Wildman–Crippen LogP) is 1.91. The van der Waals surface area contributed by atoms with Gasteiger partial charge in [0.15, 0.2) is 0 Å². The number of hydrogen-bond acceptors (Lipinski definition) is 3. The number of aromatic amines is 1. The van der Waals surface area contributed by atoms with Gasteiger partial charge >= 0.3 is 0 Å². The molecule has 0 spiro atoms. The lowest BCUT2D eigenvalue weighted by atomic mass is 10.2. The second kappa shape index (κ2) is 4.61. The van der Waals surface area contributed by atoms with Crippen molar-refractivity contribution in [3.8, 4) is 17.1 Å². The summed E-state index contributed by atoms with van der Waals surface area (Å²) in [6.07, 6.45) is 4.71. The van der Waals surface area contributed by atoms with Crippen LogP contribution in [0.4, 0.5) is 0 Å². The molecule has 0 fully saturated rings. The summed E-state index contributed by atoms with van der Waals surface area (Å²) in [7, 11) is 0. The number of benzene rings is 1. The predicted molar refractivity (Wildman–Crippen MR) is 76.6 cm³/mol. The maximum atomic E-state index is 4.72. The Hall–Kier alpha value is -2.40. The second-order valence-electron chi connectivity index (χ2n) is 4.94. The highest BCUT2D eigenvalue weighted by Crippen LogP contribution is 2.22. The Morgan fingerprint density at radius 2 is 2.20 bits per heavy atom. The fraction of sp³-hybridized carbons (Fsp3) is 0.200. The number of imidazole rings is 1. The standard InChI is InChI=1S/C15H15N5/c1-3-11(9-12(4-1)20-8-2-6-17-20)15-18-13-5-7-16-10-14(13)19-15/h1-4,6,8-9,16H,5,7,10H2,(H,18,19). The normalized spacial score (nSPS) is 14.2. The first-order valence-corrected chi connectivity index (χ1v) is 6.79. The molecule has 2 N–H and O–H groups in total. The van der Waals surface area contributed by atoms with E-state index in [1.54, 1.807) is 6.20 Å². The van der Waals surface area contributed by atoms with Crippen LogP contribution in [0.3, 0.4) is 0 Å². The van der Waals surface area contributed by atoms with Gasteiger partial charge in [0.2, 0.25) is 0 Å². The first-order valence-electron chi connectivity index (χ1n) is 6.79. The molecule has 5 heteroatoms. The Kier molecular flexibility index (Phi) is 2.63. The molecule has 0 amide bonds. The number of fused-ring (bicyclic) bond motifs is 1. The molecule has 1 aromatic carbocycles. The van der Waals surface area contributed by atoms with Gasteiger partial charge in [-0.2, -0.15) is 5.10 Å². The number of aromatic nitrogens is 4. The summed E-state index contributed by atoms with van der Waals surface area (Å²) in [4.78, 5) is 8.14. The van der Waals surface area contributed by atoms with Crippen LogP contribution in [0, 0.1) is 0 Å². The first kappa shape index (κ1) is 11.4. The van der Waals surface area contributed by atoms with Gasteiger partial charge in [0.25, 0.3) is 0 Å². The van der Waals surface area contributed by atoms with Crippen molar-refractivity contribution >= 4 is 0 Å². The van der Waals surface area contributed by atoms with Gasteiger partial charge in [-0.1, -0.05) is 12.1 Å². The van der Waals surface area contributed by atoms with Gasteiger partial charge < -0.3 is 10.3 Å². The van der Waals surface area contributed by atoms with Gasteiger partial charge in [-0.3, -0.25) is 0 Å². The molecule has 3 aromatic rings. The van der Waals surface area contributed by atoms with Crippen LogP contribution in [0.2, 0.25) is 0 Å². The summed E-state index contributed by atoms with van der Waals surface area (Å²) in [6.45, 7) is 1.88. The minimum atomic E-state index is 0.876. The SMILES string of the molecule is c1cc(-c2nc3c([nH]2)CNCC3)cc(-n2cccn2)c1. The third-order valence-electron chi connectivity index (χ3n) is 3.59. The van der Waals surface area contributed by atoms with Crippen molar-refractivity contribution in [2.75, 3.05) is 6.54 Å². The van der Waals surface area contributed by atoms with E-state index in [-0.39, 0.29) is 0 Å². The lowest BCUT2D eigenvalue weighted by Gasteiger charge is -2.09. The van der Waals surface area contributed by atoms with Crippen LogP contribution < -0.4 is 5.32 Å². The van der Waals surface area contributed by atoms with Gasteiger partial charge in [0.1, 0.15) is 5.82 Å². The lowest BCUT2D eigenvalue weighted by molar-refractivity contribution is 0.627. The molecular formula is C15H15N5. The Balaban J connectivity index is 1.75. The van der Waals surface area contributed by atoms with Crippen molar-refractivity contribution in [2.45, 2.75) is 13.0 Å². The van der Waals surface area contributed by atoms with Crippen molar-refractivity contribution in [3.05, 3.63) is 54.1 Å². The Morgan fingerprint density at radius 3 is 3.05 bits per heavy atom. The summed E-state index contributed by atoms with van der Waals surface area (Å²) in [5, 5.41) is 7.62. The van der Waals surface area contributed by atoms with E-state index in [4.69, 9.17) is 4.98 Å². The van der Waals surface area contributed by atoms with Crippen molar-refractivity contribution in [1.29, 1.82) is 0 Å². The van der Waals surface area contributed by atoms with Crippen molar-refractivity contribution < 1.29 is 0 Å². The van der Waals surface area contributed by atoms with Crippen LogP contribution >= 0.6 is 0 Å². The fourth-order valence-electron chi connectivity index (χ4n) is 2.57. The van der Waals surface area contributed by atoms with Gasteiger partial charge in [-0.25, -0.2) is 9.67 Å². The highest BCUT2D eigenvalue weighted by molar-refractivity contribution is 5.60. The summed E-state index contributed by atoms with van der Waals surface area (Å²) < 4.78 is 1.86. The Bertz CT molecular complexity index is 703. The number of nitrogens with zero attached hydrogens (tertiary/aromatic N) is 3. The minimum absolute atomic E-state index is 0.876. The topological polar surface area (TPSA) is 58.5 Å². The van der Waals surface area contributed by atoms with Crippen molar-refractivity contribution in [3.63, 3.8) is 0 Å². The van der Waals surface area contributed by atoms with E-state index in [1.807, 2.05) is 29.1 Å². The maximum Gasteiger partial charge on any atom is 0.137 e. The largest absolute Gasteiger partial charge is 0.341 e. The van der Waals surface area contributed by atoms with Crippen molar-refractivity contribution in [2.24, 2.45) is 0 Å². The summed E-state index contributed by atoms with van der Waals surface area (Å²) >= 11 is 0. The van der Waals surface area contributed by atoms with Gasteiger partial charge in [-0.05, 0) is 18.2 Å². The van der Waals surface area contributed by atoms with Crippen LogP contribution in [-0.2, 0) is 13.0 Å². The lowest BCUT2D eigenvalue weighted by Crippen LogP contribution is -2.23. The Morgan fingerprint density at radius 1 is 1.20 bits per heavy atom. The summed E-state index contributed by atoms with van der Waals surface area (Å²) in [5.41, 5.74) is 4.52. The quantitative estimate of drug-likeness (QED) is 0.744. The average molecular weight is 265 g/mol. The minimum Gasteiger partial charge on any atom is -0.341 e. The molecule has 0 aliphatic carbocycles. The summed E-state index contributed by atoms with van der Waals surface area (Å²) in [5.74, 6) is 0.938. The smallest absolute Gasteiger partial charge is 0.137 e. The van der Waals surface area contributed by atoms with Gasteiger partial charge in [0, 0.05) is 37.5 Å². The monoisotopic (exact) mass is 265 g/mol. The van der Waals surface area contributed by atoms with Crippen LogP contribution in [-0.4, -0.2) is 26.3 Å². The maximum absolute atomic E-state index is 4.72. The van der Waals surface area contributed by atoms with Gasteiger partial charge in [-0.15, -0.1) is 0 Å². The van der Waals surface area contributed by atoms with Crippen LogP contribution in [0.25, 0.3) is 17.1 Å². The fourth-order valence-corrected chi connectivity index (χ4v) is 2.57. The van der Waals surface area contributed by atoms with Crippen LogP contribution in [0.15, 0.2) is 42.7 Å². The molecule has 100 valence electrons. The van der Waals surface area contributed by atoms with Crippen molar-refractivity contribution in [1.82, 2.24) is 25.1 Å². The molecule has 0 bridgehead atoms. The zero-order chi connectivity index (χ0) is 13.4. The van der Waals surface area contributed by atoms with Gasteiger partial charge in [0.05, 0.1) is 17.1 Å². The molecule has 0 unspecified atom stereocenters. The molecule has 1 aliphatic rings. The first-order chi connectivity index (χ1) is 9.90. The van der Waals surface area contributed by atoms with E-state index in [2.05, 4.69) is 27.5 Å². The number of hydrogen-bond donors (Lipinski definition) is 2. The van der Waals surface area contributed by atoms with E-state index >= 15 is 0 Å². The van der Waals surface area contributed by atoms with Crippen LogP contribution in [0.1, 0.15) is 11.4 Å². The molecule has 4 rings (SSSR count). The van der Waals surface area contributed by atoms with E-state index in [1.165, 1.54) is 11.4 Å². The molecular weight excluding hydrogens is 250 g/mol. The molecule has 0 radical (unpaired) electrons. The second-order valence-corrected chi connectivity index (χ2v) is 4.94. The molecule has 0 saturated heterocycles. The zero-order valence-electron chi connectivity index (χ0n) is 11.0. The van der Waals surface area contributed by atoms with E-state index in [0.29, 0.717) is 0 Å². The zero-order valence-corrected chi connectivity index (χ0v) is 11.0. The highest BCUT2D eigenvalue weighted by Gasteiger charge is 2.14. The van der Waals surface area contributed by atoms with Crippen LogP contribution in [0.5, 0.6) is 0 Å². The highest BCUT2D eigenvalue weighted by atomic mass is 15.3. The molecule has 3 heterocycles. The molecule has 1 aliphatic heterocycles. The number of rotatable bonds is 2. The third kappa shape index (κ3) is 1.92. The summed E-state index contributed by atoms with van der Waals surface area (Å²) in [6, 6.07) is 10.2. The molecule has 20 heavy (non-hydrogen) atoms.